The van der Waals surface area contributed by atoms with Gasteiger partial charge in [-0.25, -0.2) is 4.39 Å². The van der Waals surface area contributed by atoms with E-state index in [9.17, 15) is 17.6 Å². The number of alkyl halides is 3. The van der Waals surface area contributed by atoms with Gasteiger partial charge in [0.1, 0.15) is 5.82 Å². The van der Waals surface area contributed by atoms with Crippen molar-refractivity contribution in [1.82, 2.24) is 5.32 Å². The van der Waals surface area contributed by atoms with E-state index in [2.05, 4.69) is 17.4 Å². The minimum atomic E-state index is -4.56. The first-order chi connectivity index (χ1) is 11.9. The highest BCUT2D eigenvalue weighted by Crippen LogP contribution is 2.31. The number of hydrogen-bond acceptors (Lipinski definition) is 2. The van der Waals surface area contributed by atoms with Crippen LogP contribution >= 0.6 is 0 Å². The lowest BCUT2D eigenvalue weighted by molar-refractivity contribution is -0.137. The van der Waals surface area contributed by atoms with Crippen LogP contribution in [0, 0.1) is 11.7 Å². The second kappa shape index (κ2) is 7.54. The van der Waals surface area contributed by atoms with Crippen LogP contribution in [0.5, 0.6) is 0 Å². The van der Waals surface area contributed by atoms with Crippen LogP contribution in [0.15, 0.2) is 48.5 Å². The fourth-order valence-corrected chi connectivity index (χ4v) is 3.22. The van der Waals surface area contributed by atoms with Gasteiger partial charge in [0.2, 0.25) is 0 Å². The van der Waals surface area contributed by atoms with E-state index in [1.165, 1.54) is 5.56 Å². The number of rotatable bonds is 5. The highest BCUT2D eigenvalue weighted by Gasteiger charge is 2.31. The predicted molar refractivity (Wildman–Crippen MR) is 86.6 cm³/mol. The van der Waals surface area contributed by atoms with Gasteiger partial charge in [-0.3, -0.25) is 0 Å². The second-order valence-corrected chi connectivity index (χ2v) is 6.30. The molecule has 0 aliphatic carbocycles. The van der Waals surface area contributed by atoms with E-state index in [4.69, 9.17) is 4.74 Å². The number of benzene rings is 2. The summed E-state index contributed by atoms with van der Waals surface area (Å²) >= 11 is 0. The molecular formula is C19H19F4NO. The van der Waals surface area contributed by atoms with E-state index >= 15 is 0 Å². The molecule has 2 nitrogen and oxygen atoms in total. The zero-order valence-corrected chi connectivity index (χ0v) is 13.5. The highest BCUT2D eigenvalue weighted by molar-refractivity contribution is 5.26. The summed E-state index contributed by atoms with van der Waals surface area (Å²) in [5, 5.41) is 3.32. The number of halogens is 4. The van der Waals surface area contributed by atoms with Crippen LogP contribution < -0.4 is 5.32 Å². The number of ether oxygens (including phenoxy) is 1. The van der Waals surface area contributed by atoms with Gasteiger partial charge in [-0.1, -0.05) is 30.3 Å². The van der Waals surface area contributed by atoms with Crippen molar-refractivity contribution >= 4 is 0 Å². The van der Waals surface area contributed by atoms with Gasteiger partial charge in [-0.05, 0) is 29.3 Å². The van der Waals surface area contributed by atoms with Crippen LogP contribution in [-0.4, -0.2) is 19.7 Å². The summed E-state index contributed by atoms with van der Waals surface area (Å²) in [6, 6.07) is 12.6. The summed E-state index contributed by atoms with van der Waals surface area (Å²) in [7, 11) is 0. The molecule has 1 aliphatic heterocycles. The molecule has 0 unspecified atom stereocenters. The normalized spacial score (nSPS) is 20.8. The quantitative estimate of drug-likeness (QED) is 0.807. The Bertz CT molecular complexity index is 702. The van der Waals surface area contributed by atoms with Crippen LogP contribution in [0.4, 0.5) is 17.6 Å². The molecule has 6 heteroatoms. The monoisotopic (exact) mass is 353 g/mol. The summed E-state index contributed by atoms with van der Waals surface area (Å²) in [5.41, 5.74) is 0.413. The second-order valence-electron chi connectivity index (χ2n) is 6.30. The van der Waals surface area contributed by atoms with Gasteiger partial charge in [-0.2, -0.15) is 13.2 Å². The van der Waals surface area contributed by atoms with Crippen molar-refractivity contribution in [3.8, 4) is 0 Å². The summed E-state index contributed by atoms with van der Waals surface area (Å²) in [6.45, 7) is 2.00. The Kier molecular flexibility index (Phi) is 5.39. The molecule has 0 aromatic heterocycles. The summed E-state index contributed by atoms with van der Waals surface area (Å²) in [5.74, 6) is -0.365. The Balaban J connectivity index is 1.60. The first kappa shape index (κ1) is 17.9. The van der Waals surface area contributed by atoms with E-state index < -0.39 is 17.6 Å². The summed E-state index contributed by atoms with van der Waals surface area (Å²) < 4.78 is 57.2. The third-order valence-electron chi connectivity index (χ3n) is 4.45. The molecule has 1 heterocycles. The molecule has 1 N–H and O–H groups in total. The lowest BCUT2D eigenvalue weighted by Gasteiger charge is -2.19. The molecule has 1 aliphatic rings. The van der Waals surface area contributed by atoms with Crippen molar-refractivity contribution in [1.29, 1.82) is 0 Å². The molecule has 1 saturated heterocycles. The van der Waals surface area contributed by atoms with Crippen molar-refractivity contribution in [2.45, 2.75) is 18.7 Å². The van der Waals surface area contributed by atoms with E-state index in [0.29, 0.717) is 18.6 Å². The predicted octanol–water partition coefficient (Wildman–Crippen LogP) is 4.36. The fourth-order valence-electron chi connectivity index (χ4n) is 3.22. The Morgan fingerprint density at radius 3 is 2.52 bits per heavy atom. The van der Waals surface area contributed by atoms with Gasteiger partial charge >= 0.3 is 6.18 Å². The van der Waals surface area contributed by atoms with Crippen LogP contribution in [0.2, 0.25) is 0 Å². The summed E-state index contributed by atoms with van der Waals surface area (Å²) in [6.07, 6.45) is -4.56. The smallest absolute Gasteiger partial charge is 0.376 e. The molecule has 25 heavy (non-hydrogen) atoms. The van der Waals surface area contributed by atoms with Gasteiger partial charge in [0, 0.05) is 24.9 Å². The van der Waals surface area contributed by atoms with Gasteiger partial charge in [0.15, 0.2) is 0 Å². The van der Waals surface area contributed by atoms with Crippen LogP contribution in [0.1, 0.15) is 22.6 Å². The summed E-state index contributed by atoms with van der Waals surface area (Å²) in [4.78, 5) is 0. The molecule has 2 atom stereocenters. The Hall–Kier alpha value is -1.92. The molecule has 1 fully saturated rings. The van der Waals surface area contributed by atoms with E-state index in [1.807, 2.05) is 18.2 Å². The molecule has 2 aromatic carbocycles. The van der Waals surface area contributed by atoms with E-state index in [0.717, 1.165) is 25.2 Å². The SMILES string of the molecule is Fc1cc(COC[C@H]2CNC[C@H]2c2ccccc2)cc(C(F)(F)F)c1. The first-order valence-corrected chi connectivity index (χ1v) is 8.13. The minimum Gasteiger partial charge on any atom is -0.376 e. The average molecular weight is 353 g/mol. The van der Waals surface area contributed by atoms with Crippen molar-refractivity contribution in [3.63, 3.8) is 0 Å². The van der Waals surface area contributed by atoms with Gasteiger partial charge in [-0.15, -0.1) is 0 Å². The maximum absolute atomic E-state index is 13.4. The minimum absolute atomic E-state index is 0.0428. The average Bonchev–Trinajstić information content (AvgIpc) is 3.03. The molecule has 0 radical (unpaired) electrons. The highest BCUT2D eigenvalue weighted by atomic mass is 19.4. The fraction of sp³-hybridized carbons (Fsp3) is 0.368. The van der Waals surface area contributed by atoms with Crippen molar-refractivity contribution in [2.24, 2.45) is 5.92 Å². The molecule has 0 saturated carbocycles. The molecule has 2 aromatic rings. The van der Waals surface area contributed by atoms with E-state index in [1.54, 1.807) is 0 Å². The molecule has 3 rings (SSSR count). The van der Waals surface area contributed by atoms with Gasteiger partial charge in [0.05, 0.1) is 18.8 Å². The van der Waals surface area contributed by atoms with Crippen molar-refractivity contribution in [3.05, 3.63) is 71.0 Å². The Morgan fingerprint density at radius 1 is 1.04 bits per heavy atom. The Morgan fingerprint density at radius 2 is 1.80 bits per heavy atom. The molecule has 0 bridgehead atoms. The lowest BCUT2D eigenvalue weighted by Crippen LogP contribution is -2.17. The zero-order chi connectivity index (χ0) is 17.9. The Labute approximate surface area is 143 Å². The third kappa shape index (κ3) is 4.58. The van der Waals surface area contributed by atoms with Crippen molar-refractivity contribution in [2.75, 3.05) is 19.7 Å². The molecular weight excluding hydrogens is 334 g/mol. The number of nitrogens with one attached hydrogen (secondary N) is 1. The number of hydrogen-bond donors (Lipinski definition) is 1. The third-order valence-corrected chi connectivity index (χ3v) is 4.45. The topological polar surface area (TPSA) is 21.3 Å². The van der Waals surface area contributed by atoms with Crippen molar-refractivity contribution < 1.29 is 22.3 Å². The molecule has 134 valence electrons. The maximum Gasteiger partial charge on any atom is 0.416 e. The van der Waals surface area contributed by atoms with Crippen LogP contribution in [0.25, 0.3) is 0 Å². The van der Waals surface area contributed by atoms with Crippen LogP contribution in [-0.2, 0) is 17.5 Å². The van der Waals surface area contributed by atoms with Gasteiger partial charge < -0.3 is 10.1 Å². The standard InChI is InChI=1S/C19H19F4NO/c20-17-7-13(6-16(8-17)19(21,22)23)11-25-12-15-9-24-10-18(15)14-4-2-1-3-5-14/h1-8,15,18,24H,9-12H2/t15-,18+/m1/s1. The largest absolute Gasteiger partial charge is 0.416 e. The lowest BCUT2D eigenvalue weighted by atomic mass is 9.89. The maximum atomic E-state index is 13.4. The molecule has 0 amide bonds. The first-order valence-electron chi connectivity index (χ1n) is 8.13. The van der Waals surface area contributed by atoms with E-state index in [-0.39, 0.29) is 18.1 Å². The molecule has 0 spiro atoms. The van der Waals surface area contributed by atoms with Gasteiger partial charge in [0.25, 0.3) is 0 Å². The van der Waals surface area contributed by atoms with Crippen LogP contribution in [0.3, 0.4) is 0 Å². The zero-order valence-electron chi connectivity index (χ0n) is 13.5.